The van der Waals surface area contributed by atoms with Gasteiger partial charge in [-0.1, -0.05) is 12.8 Å². The molecule has 1 aliphatic carbocycles. The van der Waals surface area contributed by atoms with E-state index >= 15 is 0 Å². The predicted octanol–water partition coefficient (Wildman–Crippen LogP) is 3.08. The third kappa shape index (κ3) is 4.84. The van der Waals surface area contributed by atoms with Crippen molar-refractivity contribution in [1.82, 2.24) is 15.6 Å². The Morgan fingerprint density at radius 1 is 1.15 bits per heavy atom. The van der Waals surface area contributed by atoms with Crippen molar-refractivity contribution in [2.45, 2.75) is 32.1 Å². The van der Waals surface area contributed by atoms with Crippen LogP contribution in [-0.4, -0.2) is 45.3 Å². The lowest BCUT2D eigenvalue weighted by Crippen LogP contribution is -2.38. The number of aliphatic imine (C=N–C) groups is 1. The van der Waals surface area contributed by atoms with Gasteiger partial charge in [-0.3, -0.25) is 4.99 Å². The second-order valence-corrected chi connectivity index (χ2v) is 6.85. The molecule has 3 rings (SSSR count). The second kappa shape index (κ2) is 8.83. The van der Waals surface area contributed by atoms with Crippen LogP contribution in [0.1, 0.15) is 31.4 Å². The number of H-pyrrole nitrogens is 1. The number of hydrogen-bond acceptors (Lipinski definition) is 3. The molecule has 0 spiro atoms. The second-order valence-electron chi connectivity index (χ2n) is 6.85. The molecule has 3 N–H and O–H groups in total. The number of aromatic amines is 1. The molecule has 26 heavy (non-hydrogen) atoms. The number of methoxy groups -OCH3 is 2. The molecule has 0 unspecified atom stereocenters. The van der Waals surface area contributed by atoms with Crippen molar-refractivity contribution in [2.24, 2.45) is 10.9 Å². The number of nitrogens with one attached hydrogen (secondary N) is 3. The average Bonchev–Trinajstić information content (AvgIpc) is 3.39. The molecular weight excluding hydrogens is 328 g/mol. The van der Waals surface area contributed by atoms with Crippen LogP contribution in [0.3, 0.4) is 0 Å². The third-order valence-corrected chi connectivity index (χ3v) is 4.87. The highest BCUT2D eigenvalue weighted by molar-refractivity contribution is 5.88. The van der Waals surface area contributed by atoms with Gasteiger partial charge >= 0.3 is 0 Å². The van der Waals surface area contributed by atoms with Crippen LogP contribution >= 0.6 is 0 Å². The van der Waals surface area contributed by atoms with Crippen molar-refractivity contribution in [1.29, 1.82) is 0 Å². The molecule has 1 heterocycles. The molecule has 0 atom stereocenters. The molecule has 0 radical (unpaired) electrons. The average molecular weight is 358 g/mol. The molecule has 1 aromatic carbocycles. The quantitative estimate of drug-likeness (QED) is 0.366. The molecule has 0 bridgehead atoms. The molecule has 1 saturated carbocycles. The van der Waals surface area contributed by atoms with E-state index in [2.05, 4.69) is 26.7 Å². The molecule has 0 amide bonds. The molecule has 1 aliphatic rings. The van der Waals surface area contributed by atoms with Gasteiger partial charge in [0, 0.05) is 43.4 Å². The standard InChI is InChI=1S/C20H30N4O2/c1-21-20(23-10-8-14-6-7-14)22-9-4-5-15-11-17-18(24-15)12-16(25-2)13-19(17)26-3/h11-14,24H,4-10H2,1-3H3,(H2,21,22,23). The van der Waals surface area contributed by atoms with Crippen molar-refractivity contribution >= 4 is 16.9 Å². The van der Waals surface area contributed by atoms with Gasteiger partial charge in [-0.2, -0.15) is 0 Å². The summed E-state index contributed by atoms with van der Waals surface area (Å²) in [6.45, 7) is 1.90. The Labute approximate surface area is 155 Å². The van der Waals surface area contributed by atoms with Crippen LogP contribution in [0.4, 0.5) is 0 Å². The van der Waals surface area contributed by atoms with Crippen LogP contribution in [-0.2, 0) is 6.42 Å². The van der Waals surface area contributed by atoms with Crippen molar-refractivity contribution in [3.8, 4) is 11.5 Å². The van der Waals surface area contributed by atoms with Crippen molar-refractivity contribution < 1.29 is 9.47 Å². The van der Waals surface area contributed by atoms with Gasteiger partial charge in [-0.15, -0.1) is 0 Å². The highest BCUT2D eigenvalue weighted by Gasteiger charge is 2.20. The number of fused-ring (bicyclic) bond motifs is 1. The van der Waals surface area contributed by atoms with Gasteiger partial charge in [0.2, 0.25) is 0 Å². The lowest BCUT2D eigenvalue weighted by molar-refractivity contribution is 0.398. The maximum absolute atomic E-state index is 5.48. The van der Waals surface area contributed by atoms with E-state index in [0.717, 1.165) is 60.2 Å². The summed E-state index contributed by atoms with van der Waals surface area (Å²) in [5.41, 5.74) is 2.24. The summed E-state index contributed by atoms with van der Waals surface area (Å²) in [4.78, 5) is 7.75. The molecule has 2 aromatic rings. The Hall–Kier alpha value is -2.37. The number of aryl methyl sites for hydroxylation is 1. The summed E-state index contributed by atoms with van der Waals surface area (Å²) in [6.07, 6.45) is 6.03. The van der Waals surface area contributed by atoms with Crippen LogP contribution in [0.5, 0.6) is 11.5 Å². The van der Waals surface area contributed by atoms with Crippen molar-refractivity contribution in [3.05, 3.63) is 23.9 Å². The number of guanidine groups is 1. The monoisotopic (exact) mass is 358 g/mol. The molecule has 0 aliphatic heterocycles. The van der Waals surface area contributed by atoms with Gasteiger partial charge in [0.25, 0.3) is 0 Å². The summed E-state index contributed by atoms with van der Waals surface area (Å²) in [5.74, 6) is 3.47. The fourth-order valence-electron chi connectivity index (χ4n) is 3.17. The number of rotatable bonds is 9. The number of ether oxygens (including phenoxy) is 2. The number of hydrogen-bond donors (Lipinski definition) is 3. The number of nitrogens with zero attached hydrogens (tertiary/aromatic N) is 1. The van der Waals surface area contributed by atoms with E-state index in [-0.39, 0.29) is 0 Å². The Bertz CT molecular complexity index is 750. The van der Waals surface area contributed by atoms with Crippen LogP contribution < -0.4 is 20.1 Å². The normalized spacial score (nSPS) is 14.5. The van der Waals surface area contributed by atoms with Gasteiger partial charge < -0.3 is 25.1 Å². The smallest absolute Gasteiger partial charge is 0.190 e. The van der Waals surface area contributed by atoms with Gasteiger partial charge in [0.15, 0.2) is 5.96 Å². The first-order valence-electron chi connectivity index (χ1n) is 9.41. The van der Waals surface area contributed by atoms with Gasteiger partial charge in [0.1, 0.15) is 11.5 Å². The first-order valence-corrected chi connectivity index (χ1v) is 9.41. The van der Waals surface area contributed by atoms with Gasteiger partial charge in [0.05, 0.1) is 19.7 Å². The van der Waals surface area contributed by atoms with Crippen LogP contribution in [0, 0.1) is 5.92 Å². The lowest BCUT2D eigenvalue weighted by atomic mass is 10.2. The summed E-state index contributed by atoms with van der Waals surface area (Å²) in [5, 5.41) is 7.87. The molecule has 142 valence electrons. The van der Waals surface area contributed by atoms with E-state index in [1.54, 1.807) is 14.2 Å². The first kappa shape index (κ1) is 18.4. The summed E-state index contributed by atoms with van der Waals surface area (Å²) in [6, 6.07) is 6.08. The van der Waals surface area contributed by atoms with Gasteiger partial charge in [-0.25, -0.2) is 0 Å². The van der Waals surface area contributed by atoms with Crippen LogP contribution in [0.15, 0.2) is 23.2 Å². The zero-order valence-electron chi connectivity index (χ0n) is 16.0. The summed E-state index contributed by atoms with van der Waals surface area (Å²) >= 11 is 0. The maximum atomic E-state index is 5.48. The predicted molar refractivity (Wildman–Crippen MR) is 106 cm³/mol. The van der Waals surface area contributed by atoms with E-state index in [1.807, 2.05) is 19.2 Å². The Kier molecular flexibility index (Phi) is 6.26. The molecule has 1 fully saturated rings. The number of aromatic nitrogens is 1. The Balaban J connectivity index is 1.48. The van der Waals surface area contributed by atoms with E-state index in [9.17, 15) is 0 Å². The fourth-order valence-corrected chi connectivity index (χ4v) is 3.17. The molecular formula is C20H30N4O2. The summed E-state index contributed by atoms with van der Waals surface area (Å²) < 4.78 is 10.8. The SMILES string of the molecule is CN=C(NCCCc1cc2c(OC)cc(OC)cc2[nH]1)NCCC1CC1. The van der Waals surface area contributed by atoms with Crippen LogP contribution in [0.2, 0.25) is 0 Å². The third-order valence-electron chi connectivity index (χ3n) is 4.87. The topological polar surface area (TPSA) is 70.7 Å². The van der Waals surface area contributed by atoms with Crippen molar-refractivity contribution in [3.63, 3.8) is 0 Å². The Morgan fingerprint density at radius 3 is 2.65 bits per heavy atom. The van der Waals surface area contributed by atoms with Gasteiger partial charge in [-0.05, 0) is 31.2 Å². The minimum atomic E-state index is 0.797. The largest absolute Gasteiger partial charge is 0.497 e. The minimum absolute atomic E-state index is 0.797. The molecule has 6 nitrogen and oxygen atoms in total. The van der Waals surface area contributed by atoms with Crippen molar-refractivity contribution in [2.75, 3.05) is 34.4 Å². The molecule has 0 saturated heterocycles. The van der Waals surface area contributed by atoms with E-state index in [4.69, 9.17) is 9.47 Å². The minimum Gasteiger partial charge on any atom is -0.497 e. The zero-order chi connectivity index (χ0) is 18.4. The Morgan fingerprint density at radius 2 is 1.96 bits per heavy atom. The zero-order valence-corrected chi connectivity index (χ0v) is 16.0. The molecule has 1 aromatic heterocycles. The number of benzene rings is 1. The van der Waals surface area contributed by atoms with E-state index in [1.165, 1.54) is 25.0 Å². The van der Waals surface area contributed by atoms with E-state index in [0.29, 0.717) is 0 Å². The highest BCUT2D eigenvalue weighted by atomic mass is 16.5. The lowest BCUT2D eigenvalue weighted by Gasteiger charge is -2.11. The highest BCUT2D eigenvalue weighted by Crippen LogP contribution is 2.32. The fraction of sp³-hybridized carbons (Fsp3) is 0.550. The van der Waals surface area contributed by atoms with Crippen LogP contribution in [0.25, 0.3) is 10.9 Å². The molecule has 6 heteroatoms. The maximum Gasteiger partial charge on any atom is 0.190 e. The summed E-state index contributed by atoms with van der Waals surface area (Å²) in [7, 11) is 5.18. The van der Waals surface area contributed by atoms with E-state index < -0.39 is 0 Å². The first-order chi connectivity index (χ1) is 12.7.